The molecule has 11 heteroatoms. The maximum absolute atomic E-state index is 11.3. The number of carboxylic acid groups (broad SMARTS) is 1. The topological polar surface area (TPSA) is 149 Å². The summed E-state index contributed by atoms with van der Waals surface area (Å²) in [5.41, 5.74) is 2.55. The SMILES string of the molecule is COc1cc([C@@H]2CN(C(=O)O)CCO2)ccc1-c1cc(Nc2cnc(C#N)cn2)n[nH]1. The lowest BCUT2D eigenvalue weighted by Crippen LogP contribution is -2.41. The zero-order valence-electron chi connectivity index (χ0n) is 16.6. The molecule has 0 radical (unpaired) electrons. The van der Waals surface area contributed by atoms with Crippen molar-refractivity contribution < 1.29 is 19.4 Å². The number of amides is 1. The van der Waals surface area contributed by atoms with E-state index in [1.54, 1.807) is 13.2 Å². The normalized spacial score (nSPS) is 15.9. The van der Waals surface area contributed by atoms with Gasteiger partial charge in [0.25, 0.3) is 0 Å². The van der Waals surface area contributed by atoms with Crippen LogP contribution in [0.1, 0.15) is 17.4 Å². The number of nitrogens with zero attached hydrogens (tertiary/aromatic N) is 5. The molecule has 0 unspecified atom stereocenters. The first-order valence-corrected chi connectivity index (χ1v) is 9.39. The molecule has 0 aliphatic carbocycles. The minimum absolute atomic E-state index is 0.228. The molecule has 0 spiro atoms. The number of hydrogen-bond acceptors (Lipinski definition) is 8. The molecule has 1 atom stereocenters. The highest BCUT2D eigenvalue weighted by molar-refractivity contribution is 5.71. The Kier molecular flexibility index (Phi) is 5.63. The van der Waals surface area contributed by atoms with Gasteiger partial charge in [-0.05, 0) is 17.7 Å². The van der Waals surface area contributed by atoms with Crippen LogP contribution in [-0.4, -0.2) is 63.1 Å². The Hall–Kier alpha value is -4.17. The van der Waals surface area contributed by atoms with Crippen LogP contribution in [0.2, 0.25) is 0 Å². The number of aromatic amines is 1. The van der Waals surface area contributed by atoms with E-state index in [-0.39, 0.29) is 18.3 Å². The Morgan fingerprint density at radius 1 is 1.35 bits per heavy atom. The van der Waals surface area contributed by atoms with Crippen LogP contribution in [0.4, 0.5) is 16.4 Å². The van der Waals surface area contributed by atoms with E-state index in [4.69, 9.17) is 14.7 Å². The molecule has 31 heavy (non-hydrogen) atoms. The van der Waals surface area contributed by atoms with Gasteiger partial charge in [0.15, 0.2) is 11.5 Å². The number of anilines is 2. The van der Waals surface area contributed by atoms with Gasteiger partial charge in [-0.1, -0.05) is 6.07 Å². The largest absolute Gasteiger partial charge is 0.496 e. The van der Waals surface area contributed by atoms with Crippen molar-refractivity contribution in [3.63, 3.8) is 0 Å². The predicted octanol–water partition coefficient (Wildman–Crippen LogP) is 2.54. The van der Waals surface area contributed by atoms with Gasteiger partial charge in [-0.25, -0.2) is 14.8 Å². The highest BCUT2D eigenvalue weighted by Gasteiger charge is 2.26. The molecule has 0 bridgehead atoms. The molecule has 1 fully saturated rings. The lowest BCUT2D eigenvalue weighted by Gasteiger charge is -2.31. The standard InChI is InChI=1S/C20H19N7O4/c1-30-16-6-12(17-11-27(20(28)29)4-5-31-17)2-3-14(16)15-7-18(26-25-15)24-19-10-22-13(8-21)9-23-19/h2-3,6-7,9-10,17H,4-5,11H2,1H3,(H,28,29)(H2,23,24,25,26)/t17-/m0/s1. The van der Waals surface area contributed by atoms with E-state index >= 15 is 0 Å². The quantitative estimate of drug-likeness (QED) is 0.565. The van der Waals surface area contributed by atoms with Crippen LogP contribution < -0.4 is 10.1 Å². The molecular weight excluding hydrogens is 402 g/mol. The number of nitriles is 1. The van der Waals surface area contributed by atoms with Crippen LogP contribution in [0, 0.1) is 11.3 Å². The summed E-state index contributed by atoms with van der Waals surface area (Å²) in [5.74, 6) is 1.58. The van der Waals surface area contributed by atoms with Gasteiger partial charge in [0.1, 0.15) is 23.7 Å². The Balaban J connectivity index is 1.53. The van der Waals surface area contributed by atoms with Gasteiger partial charge in [-0.2, -0.15) is 10.4 Å². The maximum atomic E-state index is 11.3. The third-order valence-electron chi connectivity index (χ3n) is 4.82. The van der Waals surface area contributed by atoms with Crippen LogP contribution in [-0.2, 0) is 4.74 Å². The van der Waals surface area contributed by atoms with Gasteiger partial charge < -0.3 is 24.8 Å². The van der Waals surface area contributed by atoms with Gasteiger partial charge in [0, 0.05) is 18.2 Å². The average Bonchev–Trinajstić information content (AvgIpc) is 3.27. The second-order valence-corrected chi connectivity index (χ2v) is 6.74. The van der Waals surface area contributed by atoms with E-state index < -0.39 is 6.09 Å². The van der Waals surface area contributed by atoms with E-state index in [0.29, 0.717) is 36.2 Å². The van der Waals surface area contributed by atoms with Crippen molar-refractivity contribution in [2.24, 2.45) is 0 Å². The fourth-order valence-corrected chi connectivity index (χ4v) is 3.26. The van der Waals surface area contributed by atoms with Crippen LogP contribution in [0.3, 0.4) is 0 Å². The Morgan fingerprint density at radius 2 is 2.23 bits per heavy atom. The molecule has 0 saturated carbocycles. The summed E-state index contributed by atoms with van der Waals surface area (Å²) in [4.78, 5) is 20.7. The monoisotopic (exact) mass is 421 g/mol. The maximum Gasteiger partial charge on any atom is 0.407 e. The van der Waals surface area contributed by atoms with Crippen LogP contribution in [0.5, 0.6) is 5.75 Å². The molecule has 11 nitrogen and oxygen atoms in total. The molecule has 1 amide bonds. The third-order valence-corrected chi connectivity index (χ3v) is 4.82. The summed E-state index contributed by atoms with van der Waals surface area (Å²) in [6.07, 6.45) is 1.51. The van der Waals surface area contributed by atoms with Gasteiger partial charge in [0.2, 0.25) is 0 Å². The number of hydrogen-bond donors (Lipinski definition) is 3. The van der Waals surface area contributed by atoms with Gasteiger partial charge in [0.05, 0.1) is 38.3 Å². The van der Waals surface area contributed by atoms with Crippen LogP contribution in [0.25, 0.3) is 11.3 Å². The molecule has 1 aliphatic heterocycles. The van der Waals surface area contributed by atoms with Gasteiger partial charge in [-0.15, -0.1) is 0 Å². The van der Waals surface area contributed by atoms with Crippen LogP contribution in [0.15, 0.2) is 36.7 Å². The van der Waals surface area contributed by atoms with Gasteiger partial charge >= 0.3 is 6.09 Å². The minimum atomic E-state index is -0.957. The smallest absolute Gasteiger partial charge is 0.407 e. The number of aromatic nitrogens is 4. The number of rotatable bonds is 5. The lowest BCUT2D eigenvalue weighted by atomic mass is 10.0. The first kappa shape index (κ1) is 20.1. The number of morpholine rings is 1. The zero-order chi connectivity index (χ0) is 21.8. The molecule has 1 aromatic carbocycles. The summed E-state index contributed by atoms with van der Waals surface area (Å²) < 4.78 is 11.3. The first-order valence-electron chi connectivity index (χ1n) is 9.39. The van der Waals surface area contributed by atoms with Crippen molar-refractivity contribution >= 4 is 17.7 Å². The number of ether oxygens (including phenoxy) is 2. The number of nitrogens with one attached hydrogen (secondary N) is 2. The fourth-order valence-electron chi connectivity index (χ4n) is 3.26. The Labute approximate surface area is 177 Å². The molecular formula is C20H19N7O4. The second-order valence-electron chi connectivity index (χ2n) is 6.74. The molecule has 158 valence electrons. The van der Waals surface area contributed by atoms with E-state index in [2.05, 4.69) is 25.5 Å². The Morgan fingerprint density at radius 3 is 2.94 bits per heavy atom. The molecule has 3 aromatic rings. The van der Waals surface area contributed by atoms with Crippen molar-refractivity contribution in [2.45, 2.75) is 6.10 Å². The molecule has 3 heterocycles. The predicted molar refractivity (Wildman–Crippen MR) is 109 cm³/mol. The fraction of sp³-hybridized carbons (Fsp3) is 0.250. The van der Waals surface area contributed by atoms with E-state index in [9.17, 15) is 9.90 Å². The average molecular weight is 421 g/mol. The van der Waals surface area contributed by atoms with E-state index in [1.807, 2.05) is 24.3 Å². The summed E-state index contributed by atoms with van der Waals surface area (Å²) in [6, 6.07) is 9.30. The highest BCUT2D eigenvalue weighted by Crippen LogP contribution is 2.34. The molecule has 1 saturated heterocycles. The minimum Gasteiger partial charge on any atom is -0.496 e. The van der Waals surface area contributed by atoms with Gasteiger partial charge in [-0.3, -0.25) is 5.10 Å². The number of methoxy groups -OCH3 is 1. The summed E-state index contributed by atoms with van der Waals surface area (Å²) in [5, 5.41) is 28.2. The van der Waals surface area contributed by atoms with Crippen molar-refractivity contribution in [2.75, 3.05) is 32.1 Å². The summed E-state index contributed by atoms with van der Waals surface area (Å²) in [7, 11) is 1.57. The van der Waals surface area contributed by atoms with Crippen molar-refractivity contribution in [3.8, 4) is 23.1 Å². The molecule has 3 N–H and O–H groups in total. The summed E-state index contributed by atoms with van der Waals surface area (Å²) >= 11 is 0. The van der Waals surface area contributed by atoms with Crippen molar-refractivity contribution in [3.05, 3.63) is 47.9 Å². The zero-order valence-corrected chi connectivity index (χ0v) is 16.6. The lowest BCUT2D eigenvalue weighted by molar-refractivity contribution is -0.0232. The number of benzene rings is 1. The molecule has 4 rings (SSSR count). The molecule has 2 aromatic heterocycles. The van der Waals surface area contributed by atoms with E-state index in [1.165, 1.54) is 17.3 Å². The number of H-pyrrole nitrogens is 1. The summed E-state index contributed by atoms with van der Waals surface area (Å²) in [6.45, 7) is 0.963. The van der Waals surface area contributed by atoms with E-state index in [0.717, 1.165) is 11.1 Å². The Bertz CT molecular complexity index is 1120. The third kappa shape index (κ3) is 4.39. The molecule has 1 aliphatic rings. The number of carbonyl (C=O) groups is 1. The van der Waals surface area contributed by atoms with Crippen molar-refractivity contribution in [1.82, 2.24) is 25.1 Å². The first-order chi connectivity index (χ1) is 15.1. The van der Waals surface area contributed by atoms with Crippen LogP contribution >= 0.6 is 0 Å². The second kappa shape index (κ2) is 8.68. The highest BCUT2D eigenvalue weighted by atomic mass is 16.5. The van der Waals surface area contributed by atoms with Crippen molar-refractivity contribution in [1.29, 1.82) is 5.26 Å².